The first kappa shape index (κ1) is 21.6. The molecule has 3 rings (SSSR count). The van der Waals surface area contributed by atoms with Gasteiger partial charge in [-0.25, -0.2) is 4.98 Å². The Labute approximate surface area is 163 Å². The number of nitrogens with two attached hydrogens (primary N) is 1. The summed E-state index contributed by atoms with van der Waals surface area (Å²) >= 11 is 0. The molecule has 138 valence electrons. The van der Waals surface area contributed by atoms with Gasteiger partial charge in [0.25, 0.3) is 0 Å². The summed E-state index contributed by atoms with van der Waals surface area (Å²) < 4.78 is 5.88. The topological polar surface area (TPSA) is 98.3 Å². The molecule has 0 aliphatic carbocycles. The largest absolute Gasteiger partial charge is 0.480 e. The van der Waals surface area contributed by atoms with Crippen molar-refractivity contribution in [1.82, 2.24) is 9.97 Å². The summed E-state index contributed by atoms with van der Waals surface area (Å²) in [6, 6.07) is 10.1. The molecule has 0 radical (unpaired) electrons. The van der Waals surface area contributed by atoms with Gasteiger partial charge >= 0.3 is 5.97 Å². The number of carbonyl (C=O) groups is 1. The summed E-state index contributed by atoms with van der Waals surface area (Å²) in [6.45, 7) is 1.91. The predicted molar refractivity (Wildman–Crippen MR) is 105 cm³/mol. The van der Waals surface area contributed by atoms with Gasteiger partial charge in [-0.05, 0) is 48.6 Å². The van der Waals surface area contributed by atoms with Crippen LogP contribution in [0.2, 0.25) is 0 Å². The number of aliphatic carboxylic acids is 1. The lowest BCUT2D eigenvalue weighted by Gasteiger charge is -2.10. The zero-order valence-corrected chi connectivity index (χ0v) is 15.6. The van der Waals surface area contributed by atoms with Gasteiger partial charge in [0, 0.05) is 18.1 Å². The van der Waals surface area contributed by atoms with E-state index in [1.807, 2.05) is 19.1 Å². The molecule has 1 aromatic carbocycles. The van der Waals surface area contributed by atoms with Crippen molar-refractivity contribution < 1.29 is 14.6 Å². The fourth-order valence-corrected chi connectivity index (χ4v) is 2.41. The molecule has 0 aliphatic rings. The van der Waals surface area contributed by atoms with Gasteiger partial charge in [-0.3, -0.25) is 9.78 Å². The van der Waals surface area contributed by atoms with Crippen LogP contribution in [0.5, 0.6) is 11.6 Å². The minimum Gasteiger partial charge on any atom is -0.480 e. The Balaban J connectivity index is 0.00000169. The van der Waals surface area contributed by atoms with Crippen molar-refractivity contribution >= 4 is 41.6 Å². The van der Waals surface area contributed by atoms with Crippen LogP contribution in [0.25, 0.3) is 10.8 Å². The Kier molecular flexibility index (Phi) is 7.76. The van der Waals surface area contributed by atoms with Crippen LogP contribution in [0, 0.1) is 6.92 Å². The van der Waals surface area contributed by atoms with Gasteiger partial charge in [0.1, 0.15) is 11.8 Å². The van der Waals surface area contributed by atoms with Crippen LogP contribution in [0.15, 0.2) is 48.8 Å². The molecule has 0 spiro atoms. The molecule has 3 aromatic rings. The van der Waals surface area contributed by atoms with Crippen LogP contribution in [0.1, 0.15) is 11.3 Å². The minimum absolute atomic E-state index is 0. The van der Waals surface area contributed by atoms with Gasteiger partial charge in [0.05, 0.1) is 5.39 Å². The van der Waals surface area contributed by atoms with Crippen molar-refractivity contribution in [2.75, 3.05) is 0 Å². The fraction of sp³-hybridized carbons (Fsp3) is 0.167. The molecule has 6 nitrogen and oxygen atoms in total. The van der Waals surface area contributed by atoms with E-state index in [1.165, 1.54) is 0 Å². The Morgan fingerprint density at radius 2 is 1.92 bits per heavy atom. The Morgan fingerprint density at radius 3 is 2.58 bits per heavy atom. The molecule has 8 heteroatoms. The first-order chi connectivity index (χ1) is 11.5. The lowest BCUT2D eigenvalue weighted by Crippen LogP contribution is -2.32. The molecule has 0 amide bonds. The van der Waals surface area contributed by atoms with E-state index in [0.29, 0.717) is 11.6 Å². The standard InChI is InChI=1S/C18H17N3O3.2ClH/c1-11-8-13-6-7-20-10-15(13)17(21-11)24-14-4-2-12(3-5-14)9-16(19)18(22)23;;/h2-8,10,16H,9,19H2,1H3,(H,22,23);2*1H. The van der Waals surface area contributed by atoms with Gasteiger partial charge in [0.15, 0.2) is 0 Å². The van der Waals surface area contributed by atoms with E-state index in [-0.39, 0.29) is 31.2 Å². The molecule has 0 fully saturated rings. The number of aromatic nitrogens is 2. The molecule has 0 aliphatic heterocycles. The van der Waals surface area contributed by atoms with Crippen molar-refractivity contribution in [1.29, 1.82) is 0 Å². The van der Waals surface area contributed by atoms with Crippen molar-refractivity contribution in [3.63, 3.8) is 0 Å². The molecular formula is C18H19Cl2N3O3. The number of hydrogen-bond donors (Lipinski definition) is 2. The highest BCUT2D eigenvalue weighted by molar-refractivity contribution is 5.86. The summed E-state index contributed by atoms with van der Waals surface area (Å²) in [4.78, 5) is 19.4. The minimum atomic E-state index is -1.02. The molecule has 3 N–H and O–H groups in total. The van der Waals surface area contributed by atoms with Crippen LogP contribution in [-0.2, 0) is 11.2 Å². The third-order valence-electron chi connectivity index (χ3n) is 3.64. The Bertz CT molecular complexity index is 888. The van der Waals surface area contributed by atoms with E-state index in [9.17, 15) is 4.79 Å². The summed E-state index contributed by atoms with van der Waals surface area (Å²) in [7, 11) is 0. The highest BCUT2D eigenvalue weighted by Crippen LogP contribution is 2.28. The van der Waals surface area contributed by atoms with Crippen LogP contribution < -0.4 is 10.5 Å². The lowest BCUT2D eigenvalue weighted by molar-refractivity contribution is -0.138. The van der Waals surface area contributed by atoms with Crippen molar-refractivity contribution in [3.05, 3.63) is 60.0 Å². The van der Waals surface area contributed by atoms with E-state index in [1.54, 1.807) is 36.7 Å². The summed E-state index contributed by atoms with van der Waals surface area (Å²) in [5.74, 6) is 0.0947. The maximum absolute atomic E-state index is 10.8. The second kappa shape index (κ2) is 9.33. The molecule has 2 aromatic heterocycles. The molecule has 1 unspecified atom stereocenters. The number of aryl methyl sites for hydroxylation is 1. The average molecular weight is 396 g/mol. The smallest absolute Gasteiger partial charge is 0.320 e. The maximum atomic E-state index is 10.8. The van der Waals surface area contributed by atoms with Crippen molar-refractivity contribution in [3.8, 4) is 11.6 Å². The van der Waals surface area contributed by atoms with Crippen LogP contribution in [-0.4, -0.2) is 27.1 Å². The first-order valence-corrected chi connectivity index (χ1v) is 7.49. The zero-order valence-electron chi connectivity index (χ0n) is 14.0. The molecular weight excluding hydrogens is 377 g/mol. The number of hydrogen-bond acceptors (Lipinski definition) is 5. The second-order valence-electron chi connectivity index (χ2n) is 5.56. The van der Waals surface area contributed by atoms with Gasteiger partial charge < -0.3 is 15.6 Å². The summed E-state index contributed by atoms with van der Waals surface area (Å²) in [5.41, 5.74) is 7.23. The van der Waals surface area contributed by atoms with E-state index < -0.39 is 12.0 Å². The highest BCUT2D eigenvalue weighted by Gasteiger charge is 2.12. The number of benzene rings is 1. The number of fused-ring (bicyclic) bond motifs is 1. The third-order valence-corrected chi connectivity index (χ3v) is 3.64. The molecule has 2 heterocycles. The molecule has 0 saturated heterocycles. The van der Waals surface area contributed by atoms with Crippen LogP contribution in [0.3, 0.4) is 0 Å². The summed E-state index contributed by atoms with van der Waals surface area (Å²) in [5, 5.41) is 10.7. The fourth-order valence-electron chi connectivity index (χ4n) is 2.41. The van der Waals surface area contributed by atoms with Crippen LogP contribution in [0.4, 0.5) is 0 Å². The normalized spacial score (nSPS) is 11.2. The van der Waals surface area contributed by atoms with Crippen LogP contribution >= 0.6 is 24.8 Å². The highest BCUT2D eigenvalue weighted by atomic mass is 35.5. The van der Waals surface area contributed by atoms with Crippen molar-refractivity contribution in [2.45, 2.75) is 19.4 Å². The predicted octanol–water partition coefficient (Wildman–Crippen LogP) is 3.53. The van der Waals surface area contributed by atoms with Crippen molar-refractivity contribution in [2.24, 2.45) is 5.73 Å². The zero-order chi connectivity index (χ0) is 17.1. The Morgan fingerprint density at radius 1 is 1.23 bits per heavy atom. The number of carboxylic acid groups (broad SMARTS) is 1. The van der Waals surface area contributed by atoms with E-state index in [0.717, 1.165) is 22.0 Å². The second-order valence-corrected chi connectivity index (χ2v) is 5.56. The number of nitrogens with zero attached hydrogens (tertiary/aromatic N) is 2. The third kappa shape index (κ3) is 5.05. The number of halogens is 2. The first-order valence-electron chi connectivity index (χ1n) is 7.49. The molecule has 26 heavy (non-hydrogen) atoms. The summed E-state index contributed by atoms with van der Waals surface area (Å²) in [6.07, 6.45) is 3.72. The Hall–Kier alpha value is -2.41. The van der Waals surface area contributed by atoms with E-state index >= 15 is 0 Å². The molecule has 0 bridgehead atoms. The molecule has 0 saturated carbocycles. The monoisotopic (exact) mass is 395 g/mol. The number of carboxylic acids is 1. The number of rotatable bonds is 5. The van der Waals surface area contributed by atoms with E-state index in [2.05, 4.69) is 9.97 Å². The average Bonchev–Trinajstić information content (AvgIpc) is 2.56. The number of ether oxygens (including phenoxy) is 1. The number of pyridine rings is 2. The van der Waals surface area contributed by atoms with Gasteiger partial charge in [0.2, 0.25) is 5.88 Å². The lowest BCUT2D eigenvalue weighted by atomic mass is 10.1. The SMILES string of the molecule is Cc1cc2ccncc2c(Oc2ccc(CC(N)C(=O)O)cc2)n1.Cl.Cl. The van der Waals surface area contributed by atoms with Gasteiger partial charge in [-0.2, -0.15) is 0 Å². The van der Waals surface area contributed by atoms with E-state index in [4.69, 9.17) is 15.6 Å². The van der Waals surface area contributed by atoms with Gasteiger partial charge in [-0.15, -0.1) is 24.8 Å². The quantitative estimate of drug-likeness (QED) is 0.685. The molecule has 1 atom stereocenters. The van der Waals surface area contributed by atoms with Gasteiger partial charge in [-0.1, -0.05) is 12.1 Å². The maximum Gasteiger partial charge on any atom is 0.320 e.